The predicted molar refractivity (Wildman–Crippen MR) is 58.5 cm³/mol. The molecule has 0 fully saturated rings. The molecule has 1 aromatic heterocycles. The number of benzene rings is 1. The van der Waals surface area contributed by atoms with Gasteiger partial charge in [0.1, 0.15) is 5.69 Å². The average Bonchev–Trinajstić information content (AvgIpc) is 2.68. The maximum Gasteiger partial charge on any atom is 0.107 e. The smallest absolute Gasteiger partial charge is 0.107 e. The number of aromatic amines is 1. The van der Waals surface area contributed by atoms with Crippen LogP contribution in [0, 0.1) is 6.92 Å². The molecule has 1 heterocycles. The second kappa shape index (κ2) is 4.23. The van der Waals surface area contributed by atoms with Crippen LogP contribution in [0.25, 0.3) is 0 Å². The van der Waals surface area contributed by atoms with Gasteiger partial charge in [-0.1, -0.05) is 30.3 Å². The molecule has 0 aliphatic rings. The molecule has 0 amide bonds. The van der Waals surface area contributed by atoms with Gasteiger partial charge >= 0.3 is 0 Å². The van der Waals surface area contributed by atoms with E-state index < -0.39 is 0 Å². The summed E-state index contributed by atoms with van der Waals surface area (Å²) >= 11 is 0. The number of nitrogens with zero attached hydrogens (tertiary/aromatic N) is 2. The Bertz CT molecular complexity index is 421. The lowest BCUT2D eigenvalue weighted by Gasteiger charge is -2.14. The Labute approximate surface area is 88.7 Å². The third-order valence-corrected chi connectivity index (χ3v) is 2.45. The van der Waals surface area contributed by atoms with Crippen LogP contribution in [0.2, 0.25) is 0 Å². The Morgan fingerprint density at radius 1 is 1.20 bits per heavy atom. The summed E-state index contributed by atoms with van der Waals surface area (Å²) in [5.41, 5.74) is 3.07. The predicted octanol–water partition coefficient (Wildman–Crippen LogP) is 1.42. The quantitative estimate of drug-likeness (QED) is 0.791. The largest absolute Gasteiger partial charge is 0.308 e. The fraction of sp³-hybridized carbons (Fsp3) is 0.273. The maximum atomic E-state index is 4.16. The van der Waals surface area contributed by atoms with Crippen LogP contribution in [0.15, 0.2) is 30.3 Å². The Balaban J connectivity index is 2.37. The van der Waals surface area contributed by atoms with Gasteiger partial charge in [0.05, 0.1) is 11.7 Å². The molecule has 0 bridgehead atoms. The van der Waals surface area contributed by atoms with E-state index in [1.807, 2.05) is 32.2 Å². The van der Waals surface area contributed by atoms with Gasteiger partial charge in [0.25, 0.3) is 0 Å². The van der Waals surface area contributed by atoms with Gasteiger partial charge in [0.15, 0.2) is 0 Å². The maximum absolute atomic E-state index is 4.16. The zero-order chi connectivity index (χ0) is 10.7. The van der Waals surface area contributed by atoms with Crippen LogP contribution in [0.5, 0.6) is 0 Å². The number of H-pyrrole nitrogens is 1. The fourth-order valence-corrected chi connectivity index (χ4v) is 1.67. The van der Waals surface area contributed by atoms with Crippen molar-refractivity contribution in [3.05, 3.63) is 47.3 Å². The molecule has 4 heteroatoms. The highest BCUT2D eigenvalue weighted by molar-refractivity contribution is 5.28. The molecule has 0 spiro atoms. The van der Waals surface area contributed by atoms with Crippen molar-refractivity contribution >= 4 is 0 Å². The number of nitrogens with one attached hydrogen (secondary N) is 2. The van der Waals surface area contributed by atoms with Crippen LogP contribution in [-0.4, -0.2) is 22.5 Å². The topological polar surface area (TPSA) is 53.6 Å². The molecule has 0 aliphatic carbocycles. The third kappa shape index (κ3) is 1.89. The molecular formula is C11H14N4. The van der Waals surface area contributed by atoms with Gasteiger partial charge in [-0.3, -0.25) is 0 Å². The minimum atomic E-state index is 0.102. The van der Waals surface area contributed by atoms with E-state index in [4.69, 9.17) is 0 Å². The Morgan fingerprint density at radius 3 is 2.47 bits per heavy atom. The van der Waals surface area contributed by atoms with Crippen molar-refractivity contribution in [2.24, 2.45) is 0 Å². The second-order valence-electron chi connectivity index (χ2n) is 3.43. The van der Waals surface area contributed by atoms with E-state index in [1.165, 1.54) is 5.56 Å². The molecule has 4 nitrogen and oxygen atoms in total. The summed E-state index contributed by atoms with van der Waals surface area (Å²) in [5, 5.41) is 14.1. The third-order valence-electron chi connectivity index (χ3n) is 2.45. The highest BCUT2D eigenvalue weighted by Gasteiger charge is 2.16. The summed E-state index contributed by atoms with van der Waals surface area (Å²) in [6, 6.07) is 10.3. The van der Waals surface area contributed by atoms with Crippen LogP contribution in [0.4, 0.5) is 0 Å². The lowest BCUT2D eigenvalue weighted by atomic mass is 10.0. The van der Waals surface area contributed by atoms with Gasteiger partial charge in [-0.25, -0.2) is 0 Å². The van der Waals surface area contributed by atoms with E-state index in [1.54, 1.807) is 0 Å². The van der Waals surface area contributed by atoms with Crippen molar-refractivity contribution in [2.45, 2.75) is 13.0 Å². The van der Waals surface area contributed by atoms with Crippen LogP contribution in [0.1, 0.15) is 23.0 Å². The molecule has 0 radical (unpaired) electrons. The molecule has 2 rings (SSSR count). The van der Waals surface area contributed by atoms with Crippen LogP contribution < -0.4 is 5.32 Å². The lowest BCUT2D eigenvalue weighted by Crippen LogP contribution is -2.18. The van der Waals surface area contributed by atoms with Crippen LogP contribution >= 0.6 is 0 Å². The molecule has 2 aromatic rings. The van der Waals surface area contributed by atoms with E-state index >= 15 is 0 Å². The molecular weight excluding hydrogens is 188 g/mol. The SMILES string of the molecule is CNC(c1ccccc1)c1n[nH]nc1C. The first-order valence-corrected chi connectivity index (χ1v) is 4.92. The van der Waals surface area contributed by atoms with Gasteiger partial charge in [-0.2, -0.15) is 15.4 Å². The Morgan fingerprint density at radius 2 is 1.93 bits per heavy atom. The number of aryl methyl sites for hydroxylation is 1. The molecule has 1 aromatic carbocycles. The van der Waals surface area contributed by atoms with Crippen molar-refractivity contribution in [3.63, 3.8) is 0 Å². The highest BCUT2D eigenvalue weighted by Crippen LogP contribution is 2.20. The standard InChI is InChI=1S/C11H14N4/c1-8-10(14-15-13-8)11(12-2)9-6-4-3-5-7-9/h3-7,11-12H,1-2H3,(H,13,14,15). The highest BCUT2D eigenvalue weighted by atomic mass is 15.3. The van der Waals surface area contributed by atoms with Crippen molar-refractivity contribution in [1.82, 2.24) is 20.7 Å². The number of aromatic nitrogens is 3. The van der Waals surface area contributed by atoms with E-state index in [0.29, 0.717) is 0 Å². The molecule has 0 saturated heterocycles. The van der Waals surface area contributed by atoms with E-state index in [-0.39, 0.29) is 6.04 Å². The molecule has 78 valence electrons. The van der Waals surface area contributed by atoms with Crippen molar-refractivity contribution in [2.75, 3.05) is 7.05 Å². The van der Waals surface area contributed by atoms with Crippen LogP contribution in [-0.2, 0) is 0 Å². The van der Waals surface area contributed by atoms with Gasteiger partial charge in [0.2, 0.25) is 0 Å². The summed E-state index contributed by atoms with van der Waals surface area (Å²) in [7, 11) is 1.92. The average molecular weight is 202 g/mol. The van der Waals surface area contributed by atoms with Gasteiger partial charge < -0.3 is 5.32 Å². The molecule has 0 saturated carbocycles. The van der Waals surface area contributed by atoms with Gasteiger partial charge in [-0.05, 0) is 19.5 Å². The molecule has 1 unspecified atom stereocenters. The summed E-state index contributed by atoms with van der Waals surface area (Å²) in [4.78, 5) is 0. The van der Waals surface area contributed by atoms with Crippen molar-refractivity contribution < 1.29 is 0 Å². The number of hydrogen-bond acceptors (Lipinski definition) is 3. The lowest BCUT2D eigenvalue weighted by molar-refractivity contribution is 0.664. The second-order valence-corrected chi connectivity index (χ2v) is 3.43. The van der Waals surface area contributed by atoms with Gasteiger partial charge in [-0.15, -0.1) is 0 Å². The summed E-state index contributed by atoms with van der Waals surface area (Å²) < 4.78 is 0. The molecule has 0 aliphatic heterocycles. The first-order valence-electron chi connectivity index (χ1n) is 4.92. The van der Waals surface area contributed by atoms with Gasteiger partial charge in [0, 0.05) is 0 Å². The van der Waals surface area contributed by atoms with Crippen molar-refractivity contribution in [3.8, 4) is 0 Å². The monoisotopic (exact) mass is 202 g/mol. The summed E-state index contributed by atoms with van der Waals surface area (Å²) in [6.07, 6.45) is 0. The minimum Gasteiger partial charge on any atom is -0.308 e. The van der Waals surface area contributed by atoms with Crippen LogP contribution in [0.3, 0.4) is 0 Å². The van der Waals surface area contributed by atoms with E-state index in [9.17, 15) is 0 Å². The molecule has 2 N–H and O–H groups in total. The van der Waals surface area contributed by atoms with E-state index in [2.05, 4.69) is 32.9 Å². The Kier molecular flexibility index (Phi) is 2.78. The zero-order valence-electron chi connectivity index (χ0n) is 8.86. The zero-order valence-corrected chi connectivity index (χ0v) is 8.86. The number of rotatable bonds is 3. The normalized spacial score (nSPS) is 12.7. The first kappa shape index (κ1) is 9.86. The minimum absolute atomic E-state index is 0.102. The number of hydrogen-bond donors (Lipinski definition) is 2. The molecule has 1 atom stereocenters. The molecule has 15 heavy (non-hydrogen) atoms. The summed E-state index contributed by atoms with van der Waals surface area (Å²) in [6.45, 7) is 1.95. The van der Waals surface area contributed by atoms with E-state index in [0.717, 1.165) is 11.4 Å². The first-order chi connectivity index (χ1) is 7.33. The Hall–Kier alpha value is -1.68. The fourth-order valence-electron chi connectivity index (χ4n) is 1.67. The summed E-state index contributed by atoms with van der Waals surface area (Å²) in [5.74, 6) is 0. The van der Waals surface area contributed by atoms with Crippen molar-refractivity contribution in [1.29, 1.82) is 0 Å².